The number of aryl methyl sites for hydroxylation is 1. The van der Waals surface area contributed by atoms with Crippen molar-refractivity contribution in [1.82, 2.24) is 14.6 Å². The zero-order valence-electron chi connectivity index (χ0n) is 13.8. The number of hydrogen-bond acceptors (Lipinski definition) is 4. The van der Waals surface area contributed by atoms with Crippen molar-refractivity contribution in [3.8, 4) is 0 Å². The van der Waals surface area contributed by atoms with E-state index in [0.29, 0.717) is 5.95 Å². The van der Waals surface area contributed by atoms with Gasteiger partial charge in [-0.1, -0.05) is 37.1 Å². The molecule has 1 aromatic carbocycles. The summed E-state index contributed by atoms with van der Waals surface area (Å²) < 4.78 is 1.60. The van der Waals surface area contributed by atoms with Crippen LogP contribution >= 0.6 is 0 Å². The summed E-state index contributed by atoms with van der Waals surface area (Å²) in [6.45, 7) is 5.40. The van der Waals surface area contributed by atoms with Crippen molar-refractivity contribution in [3.63, 3.8) is 0 Å². The maximum absolute atomic E-state index is 5.78. The number of hydrogen-bond donors (Lipinski definition) is 1. The molecule has 0 atom stereocenters. The highest BCUT2D eigenvalue weighted by Gasteiger charge is 2.09. The summed E-state index contributed by atoms with van der Waals surface area (Å²) in [4.78, 5) is 6.69. The molecule has 0 bridgehead atoms. The summed E-state index contributed by atoms with van der Waals surface area (Å²) in [7, 11) is 0. The molecule has 5 heteroatoms. The Hall–Kier alpha value is -2.14. The molecule has 1 aromatic heterocycles. The lowest BCUT2D eigenvalue weighted by molar-refractivity contribution is 0.277. The standard InChI is InChI=1S/C18H25N5/c1-15-13-23(18(19)21-15)20-12-16-6-8-17(9-7-16)14-22-10-4-2-3-5-11-22/h6-9,12-13H,2-5,10-11,14H2,1H3,(H2,19,21). The molecule has 0 saturated carbocycles. The van der Waals surface area contributed by atoms with Gasteiger partial charge in [-0.3, -0.25) is 4.90 Å². The fourth-order valence-corrected chi connectivity index (χ4v) is 2.99. The normalized spacial score (nSPS) is 16.7. The number of anilines is 1. The van der Waals surface area contributed by atoms with Gasteiger partial charge in [-0.15, -0.1) is 0 Å². The summed E-state index contributed by atoms with van der Waals surface area (Å²) in [5.41, 5.74) is 9.08. The number of benzene rings is 1. The predicted octanol–water partition coefficient (Wildman–Crippen LogP) is 3.03. The fraction of sp³-hybridized carbons (Fsp3) is 0.444. The number of imidazole rings is 1. The van der Waals surface area contributed by atoms with Crippen LogP contribution in [0.15, 0.2) is 35.6 Å². The van der Waals surface area contributed by atoms with Gasteiger partial charge in [-0.05, 0) is 44.0 Å². The van der Waals surface area contributed by atoms with Crippen LogP contribution in [0.2, 0.25) is 0 Å². The monoisotopic (exact) mass is 311 g/mol. The van der Waals surface area contributed by atoms with Gasteiger partial charge >= 0.3 is 0 Å². The van der Waals surface area contributed by atoms with Crippen LogP contribution in [0.5, 0.6) is 0 Å². The molecule has 1 fully saturated rings. The molecule has 5 nitrogen and oxygen atoms in total. The number of nitrogens with zero attached hydrogens (tertiary/aromatic N) is 4. The summed E-state index contributed by atoms with van der Waals surface area (Å²) in [5.74, 6) is 0.413. The minimum absolute atomic E-state index is 0.413. The number of rotatable bonds is 4. The van der Waals surface area contributed by atoms with Gasteiger partial charge in [0.25, 0.3) is 0 Å². The molecule has 0 aliphatic carbocycles. The van der Waals surface area contributed by atoms with Crippen molar-refractivity contribution in [1.29, 1.82) is 0 Å². The van der Waals surface area contributed by atoms with Gasteiger partial charge < -0.3 is 5.73 Å². The average molecular weight is 311 g/mol. The first-order valence-electron chi connectivity index (χ1n) is 8.38. The molecule has 23 heavy (non-hydrogen) atoms. The Bertz CT molecular complexity index is 649. The molecule has 2 aromatic rings. The second-order valence-electron chi connectivity index (χ2n) is 6.26. The van der Waals surface area contributed by atoms with E-state index in [9.17, 15) is 0 Å². The predicted molar refractivity (Wildman–Crippen MR) is 94.6 cm³/mol. The van der Waals surface area contributed by atoms with Crippen LogP contribution in [0.25, 0.3) is 0 Å². The Morgan fingerprint density at radius 1 is 1.13 bits per heavy atom. The van der Waals surface area contributed by atoms with Crippen LogP contribution in [0.1, 0.15) is 42.5 Å². The van der Waals surface area contributed by atoms with Gasteiger partial charge in [0.05, 0.1) is 18.1 Å². The van der Waals surface area contributed by atoms with E-state index in [1.807, 2.05) is 19.3 Å². The molecule has 1 aliphatic rings. The van der Waals surface area contributed by atoms with Crippen LogP contribution in [0, 0.1) is 6.92 Å². The zero-order valence-corrected chi connectivity index (χ0v) is 13.8. The lowest BCUT2D eigenvalue weighted by Crippen LogP contribution is -2.23. The maximum Gasteiger partial charge on any atom is 0.221 e. The van der Waals surface area contributed by atoms with Crippen molar-refractivity contribution < 1.29 is 0 Å². The van der Waals surface area contributed by atoms with E-state index >= 15 is 0 Å². The second kappa shape index (κ2) is 7.42. The number of nitrogen functional groups attached to an aromatic ring is 1. The lowest BCUT2D eigenvalue weighted by Gasteiger charge is -2.19. The molecule has 122 valence electrons. The second-order valence-corrected chi connectivity index (χ2v) is 6.26. The van der Waals surface area contributed by atoms with Crippen LogP contribution in [0.3, 0.4) is 0 Å². The minimum atomic E-state index is 0.413. The Labute approximate surface area is 137 Å². The first-order chi connectivity index (χ1) is 11.2. The third-order valence-corrected chi connectivity index (χ3v) is 4.25. The fourth-order valence-electron chi connectivity index (χ4n) is 2.99. The van der Waals surface area contributed by atoms with Crippen molar-refractivity contribution in [3.05, 3.63) is 47.3 Å². The van der Waals surface area contributed by atoms with Crippen molar-refractivity contribution in [2.24, 2.45) is 5.10 Å². The highest BCUT2D eigenvalue weighted by atomic mass is 15.4. The molecule has 2 heterocycles. The molecule has 1 saturated heterocycles. The molecule has 0 spiro atoms. The Morgan fingerprint density at radius 3 is 2.43 bits per heavy atom. The van der Waals surface area contributed by atoms with E-state index in [1.165, 1.54) is 44.3 Å². The van der Waals surface area contributed by atoms with Crippen LogP contribution < -0.4 is 5.73 Å². The lowest BCUT2D eigenvalue weighted by atomic mass is 10.1. The van der Waals surface area contributed by atoms with Gasteiger partial charge in [0.2, 0.25) is 5.95 Å². The van der Waals surface area contributed by atoms with Crippen LogP contribution in [-0.4, -0.2) is 33.9 Å². The third-order valence-electron chi connectivity index (χ3n) is 4.25. The van der Waals surface area contributed by atoms with E-state index in [4.69, 9.17) is 5.73 Å². The number of nitrogens with two attached hydrogens (primary N) is 1. The Morgan fingerprint density at radius 2 is 1.83 bits per heavy atom. The SMILES string of the molecule is Cc1cn(N=Cc2ccc(CN3CCCCCC3)cc2)c(N)n1. The first-order valence-corrected chi connectivity index (χ1v) is 8.38. The van der Waals surface area contributed by atoms with Crippen molar-refractivity contribution >= 4 is 12.2 Å². The van der Waals surface area contributed by atoms with E-state index in [1.54, 1.807) is 4.68 Å². The quantitative estimate of drug-likeness (QED) is 0.883. The van der Waals surface area contributed by atoms with Gasteiger partial charge in [0, 0.05) is 6.54 Å². The van der Waals surface area contributed by atoms with E-state index in [0.717, 1.165) is 17.8 Å². The minimum Gasteiger partial charge on any atom is -0.368 e. The van der Waals surface area contributed by atoms with Gasteiger partial charge in [0.15, 0.2) is 0 Å². The number of likely N-dealkylation sites (tertiary alicyclic amines) is 1. The summed E-state index contributed by atoms with van der Waals surface area (Å²) in [6.07, 6.45) is 9.05. The number of aromatic nitrogens is 2. The molecular formula is C18H25N5. The van der Waals surface area contributed by atoms with E-state index in [2.05, 4.69) is 39.3 Å². The third kappa shape index (κ3) is 4.42. The Balaban J connectivity index is 1.61. The first kappa shape index (κ1) is 15.7. The molecular weight excluding hydrogens is 286 g/mol. The van der Waals surface area contributed by atoms with Crippen LogP contribution in [0.4, 0.5) is 5.95 Å². The molecule has 0 amide bonds. The highest BCUT2D eigenvalue weighted by Crippen LogP contribution is 2.13. The summed E-state index contributed by atoms with van der Waals surface area (Å²) >= 11 is 0. The van der Waals surface area contributed by atoms with Crippen molar-refractivity contribution in [2.75, 3.05) is 18.8 Å². The van der Waals surface area contributed by atoms with Gasteiger partial charge in [0.1, 0.15) is 0 Å². The zero-order chi connectivity index (χ0) is 16.1. The molecule has 0 radical (unpaired) electrons. The van der Waals surface area contributed by atoms with E-state index < -0.39 is 0 Å². The van der Waals surface area contributed by atoms with E-state index in [-0.39, 0.29) is 0 Å². The Kier molecular flexibility index (Phi) is 5.08. The van der Waals surface area contributed by atoms with Crippen LogP contribution in [-0.2, 0) is 6.54 Å². The highest BCUT2D eigenvalue weighted by molar-refractivity contribution is 5.79. The molecule has 2 N–H and O–H groups in total. The summed E-state index contributed by atoms with van der Waals surface area (Å²) in [5, 5.41) is 4.35. The molecule has 1 aliphatic heterocycles. The molecule has 3 rings (SSSR count). The average Bonchev–Trinajstić information content (AvgIpc) is 2.74. The largest absolute Gasteiger partial charge is 0.368 e. The molecule has 0 unspecified atom stereocenters. The van der Waals surface area contributed by atoms with Gasteiger partial charge in [-0.25, -0.2) is 9.66 Å². The maximum atomic E-state index is 5.78. The summed E-state index contributed by atoms with van der Waals surface area (Å²) in [6, 6.07) is 8.59. The van der Waals surface area contributed by atoms with Gasteiger partial charge in [-0.2, -0.15) is 5.10 Å². The topological polar surface area (TPSA) is 59.4 Å². The smallest absolute Gasteiger partial charge is 0.221 e. The van der Waals surface area contributed by atoms with Crippen molar-refractivity contribution in [2.45, 2.75) is 39.2 Å².